The van der Waals surface area contributed by atoms with E-state index in [1.165, 1.54) is 0 Å². The summed E-state index contributed by atoms with van der Waals surface area (Å²) in [6.07, 6.45) is 1.74. The molecule has 0 aliphatic carbocycles. The van der Waals surface area contributed by atoms with Gasteiger partial charge in [0.2, 0.25) is 17.6 Å². The number of aryl methyl sites for hydroxylation is 1. The van der Waals surface area contributed by atoms with E-state index in [1.54, 1.807) is 31.2 Å². The summed E-state index contributed by atoms with van der Waals surface area (Å²) in [4.78, 5) is 31.3. The van der Waals surface area contributed by atoms with Crippen molar-refractivity contribution >= 4 is 17.6 Å². The van der Waals surface area contributed by atoms with Crippen LogP contribution in [0, 0.1) is 12.8 Å². The lowest BCUT2D eigenvalue weighted by atomic mass is 9.97. The van der Waals surface area contributed by atoms with E-state index in [4.69, 9.17) is 9.26 Å². The van der Waals surface area contributed by atoms with Crippen molar-refractivity contribution in [2.75, 3.05) is 25.0 Å². The maximum atomic E-state index is 12.8. The summed E-state index contributed by atoms with van der Waals surface area (Å²) in [5, 5.41) is 7.07. The Labute approximate surface area is 192 Å². The van der Waals surface area contributed by atoms with Gasteiger partial charge in [-0.25, -0.2) is 4.79 Å². The number of likely N-dealkylation sites (tertiary alicyclic amines) is 1. The number of carbonyl (C=O) groups excluding carboxylic acids is 2. The molecule has 1 unspecified atom stereocenters. The van der Waals surface area contributed by atoms with E-state index in [0.29, 0.717) is 42.7 Å². The van der Waals surface area contributed by atoms with Crippen LogP contribution in [-0.4, -0.2) is 46.6 Å². The molecule has 1 atom stereocenters. The number of aromatic nitrogens is 2. The van der Waals surface area contributed by atoms with Gasteiger partial charge in [-0.15, -0.1) is 0 Å². The first kappa shape index (κ1) is 22.7. The molecule has 1 saturated heterocycles. The number of esters is 1. The maximum absolute atomic E-state index is 12.8. The predicted molar refractivity (Wildman–Crippen MR) is 124 cm³/mol. The molecule has 2 heterocycles. The largest absolute Gasteiger partial charge is 0.462 e. The van der Waals surface area contributed by atoms with Crippen LogP contribution in [0.4, 0.5) is 5.69 Å². The molecule has 8 heteroatoms. The smallest absolute Gasteiger partial charge is 0.338 e. The fourth-order valence-corrected chi connectivity index (χ4v) is 3.97. The molecule has 1 N–H and O–H groups in total. The third-order valence-electron chi connectivity index (χ3n) is 5.64. The van der Waals surface area contributed by atoms with Gasteiger partial charge in [0.15, 0.2) is 0 Å². The molecule has 4 rings (SSSR count). The first-order valence-electron chi connectivity index (χ1n) is 11.2. The third-order valence-corrected chi connectivity index (χ3v) is 5.64. The average Bonchev–Trinajstić information content (AvgIpc) is 3.28. The summed E-state index contributed by atoms with van der Waals surface area (Å²) in [7, 11) is 0. The minimum atomic E-state index is -0.370. The summed E-state index contributed by atoms with van der Waals surface area (Å²) in [5.74, 6) is 0.579. The standard InChI is InChI=1S/C25H28N4O4/c1-3-32-25(31)18-9-11-21(12-10-18)26-24(30)20-8-5-13-29(15-20)16-22-27-23(28-33-22)19-7-4-6-17(2)14-19/h4,6-7,9-12,14,20H,3,5,8,13,15-16H2,1-2H3,(H,26,30). The Bertz CT molecular complexity index is 1110. The topological polar surface area (TPSA) is 97.6 Å². The van der Waals surface area contributed by atoms with E-state index in [2.05, 4.69) is 20.4 Å². The normalized spacial score (nSPS) is 16.4. The van der Waals surface area contributed by atoms with E-state index in [0.717, 1.165) is 30.5 Å². The fraction of sp³-hybridized carbons (Fsp3) is 0.360. The number of benzene rings is 2. The number of amides is 1. The van der Waals surface area contributed by atoms with Gasteiger partial charge < -0.3 is 14.6 Å². The first-order valence-corrected chi connectivity index (χ1v) is 11.2. The number of anilines is 1. The van der Waals surface area contributed by atoms with Crippen LogP contribution in [0.5, 0.6) is 0 Å². The summed E-state index contributed by atoms with van der Waals surface area (Å²) in [6.45, 7) is 6.12. The van der Waals surface area contributed by atoms with Crippen LogP contribution in [0.2, 0.25) is 0 Å². The van der Waals surface area contributed by atoms with Crippen LogP contribution in [0.1, 0.15) is 41.6 Å². The lowest BCUT2D eigenvalue weighted by molar-refractivity contribution is -0.121. The number of hydrogen-bond donors (Lipinski definition) is 1. The van der Waals surface area contributed by atoms with E-state index < -0.39 is 0 Å². The molecule has 1 aliphatic heterocycles. The molecular formula is C25H28N4O4. The SMILES string of the molecule is CCOC(=O)c1ccc(NC(=O)C2CCCN(Cc3nc(-c4cccc(C)c4)no3)C2)cc1. The van der Waals surface area contributed by atoms with Crippen molar-refractivity contribution in [1.82, 2.24) is 15.0 Å². The second kappa shape index (κ2) is 10.4. The Kier molecular flexibility index (Phi) is 7.14. The Morgan fingerprint density at radius 1 is 1.21 bits per heavy atom. The maximum Gasteiger partial charge on any atom is 0.338 e. The van der Waals surface area contributed by atoms with Gasteiger partial charge in [0, 0.05) is 17.8 Å². The zero-order valence-electron chi connectivity index (χ0n) is 18.9. The fourth-order valence-electron chi connectivity index (χ4n) is 3.97. The Morgan fingerprint density at radius 3 is 2.79 bits per heavy atom. The number of nitrogens with zero attached hydrogens (tertiary/aromatic N) is 3. The molecule has 1 aliphatic rings. The Balaban J connectivity index is 1.33. The summed E-state index contributed by atoms with van der Waals surface area (Å²) >= 11 is 0. The van der Waals surface area contributed by atoms with Crippen LogP contribution in [0.15, 0.2) is 53.1 Å². The molecule has 0 spiro atoms. The molecular weight excluding hydrogens is 420 g/mol. The molecule has 33 heavy (non-hydrogen) atoms. The number of ether oxygens (including phenoxy) is 1. The van der Waals surface area contributed by atoms with Crippen molar-refractivity contribution in [3.05, 3.63) is 65.5 Å². The molecule has 172 valence electrons. The van der Waals surface area contributed by atoms with Crippen LogP contribution in [0.25, 0.3) is 11.4 Å². The van der Waals surface area contributed by atoms with Crippen molar-refractivity contribution < 1.29 is 18.8 Å². The van der Waals surface area contributed by atoms with Gasteiger partial charge in [-0.2, -0.15) is 4.98 Å². The Hall–Kier alpha value is -3.52. The van der Waals surface area contributed by atoms with Gasteiger partial charge in [-0.3, -0.25) is 9.69 Å². The van der Waals surface area contributed by atoms with E-state index in [-0.39, 0.29) is 17.8 Å². The molecule has 8 nitrogen and oxygen atoms in total. The molecule has 0 radical (unpaired) electrons. The number of hydrogen-bond acceptors (Lipinski definition) is 7. The molecule has 0 bridgehead atoms. The van der Waals surface area contributed by atoms with Gasteiger partial charge in [-0.1, -0.05) is 28.9 Å². The summed E-state index contributed by atoms with van der Waals surface area (Å²) in [5.41, 5.74) is 3.18. The van der Waals surface area contributed by atoms with Gasteiger partial charge >= 0.3 is 5.97 Å². The Morgan fingerprint density at radius 2 is 2.03 bits per heavy atom. The molecule has 1 amide bonds. The second-order valence-corrected chi connectivity index (χ2v) is 8.24. The highest BCUT2D eigenvalue weighted by molar-refractivity contribution is 5.94. The summed E-state index contributed by atoms with van der Waals surface area (Å²) in [6, 6.07) is 14.7. The predicted octanol–water partition coefficient (Wildman–Crippen LogP) is 4.07. The van der Waals surface area contributed by atoms with E-state index in [1.807, 2.05) is 31.2 Å². The van der Waals surface area contributed by atoms with Crippen molar-refractivity contribution in [2.24, 2.45) is 5.92 Å². The highest BCUT2D eigenvalue weighted by atomic mass is 16.5. The van der Waals surface area contributed by atoms with Crippen LogP contribution >= 0.6 is 0 Å². The molecule has 0 saturated carbocycles. The van der Waals surface area contributed by atoms with Gasteiger partial charge in [-0.05, 0) is 63.6 Å². The summed E-state index contributed by atoms with van der Waals surface area (Å²) < 4.78 is 10.4. The molecule has 3 aromatic rings. The quantitative estimate of drug-likeness (QED) is 0.544. The van der Waals surface area contributed by atoms with Gasteiger partial charge in [0.25, 0.3) is 0 Å². The minimum Gasteiger partial charge on any atom is -0.462 e. The van der Waals surface area contributed by atoms with Gasteiger partial charge in [0.1, 0.15) is 0 Å². The van der Waals surface area contributed by atoms with Gasteiger partial charge in [0.05, 0.1) is 24.6 Å². The van der Waals surface area contributed by atoms with Crippen molar-refractivity contribution in [3.8, 4) is 11.4 Å². The zero-order valence-corrected chi connectivity index (χ0v) is 18.9. The highest BCUT2D eigenvalue weighted by Crippen LogP contribution is 2.22. The average molecular weight is 449 g/mol. The number of nitrogens with one attached hydrogen (secondary N) is 1. The van der Waals surface area contributed by atoms with Crippen molar-refractivity contribution in [2.45, 2.75) is 33.2 Å². The number of carbonyl (C=O) groups is 2. The highest BCUT2D eigenvalue weighted by Gasteiger charge is 2.27. The monoisotopic (exact) mass is 448 g/mol. The van der Waals surface area contributed by atoms with Crippen LogP contribution in [0.3, 0.4) is 0 Å². The number of piperidine rings is 1. The molecule has 1 aromatic heterocycles. The van der Waals surface area contributed by atoms with Crippen LogP contribution in [-0.2, 0) is 16.1 Å². The molecule has 2 aromatic carbocycles. The molecule has 1 fully saturated rings. The number of rotatable bonds is 7. The van der Waals surface area contributed by atoms with E-state index >= 15 is 0 Å². The third kappa shape index (κ3) is 5.84. The zero-order chi connectivity index (χ0) is 23.2. The van der Waals surface area contributed by atoms with Crippen molar-refractivity contribution in [3.63, 3.8) is 0 Å². The van der Waals surface area contributed by atoms with Crippen LogP contribution < -0.4 is 5.32 Å². The first-order chi connectivity index (χ1) is 16.0. The van der Waals surface area contributed by atoms with Crippen molar-refractivity contribution in [1.29, 1.82) is 0 Å². The van der Waals surface area contributed by atoms with E-state index in [9.17, 15) is 9.59 Å². The minimum absolute atomic E-state index is 0.0328. The lowest BCUT2D eigenvalue weighted by Gasteiger charge is -2.30. The second-order valence-electron chi connectivity index (χ2n) is 8.24. The lowest BCUT2D eigenvalue weighted by Crippen LogP contribution is -2.40.